The molecule has 0 bridgehead atoms. The van der Waals surface area contributed by atoms with Crippen molar-refractivity contribution in [1.82, 2.24) is 6.15 Å². The van der Waals surface area contributed by atoms with Crippen molar-refractivity contribution in [2.75, 3.05) is 24.7 Å². The third-order valence-corrected chi connectivity index (χ3v) is 1.41. The van der Waals surface area contributed by atoms with Gasteiger partial charge in [0.1, 0.15) is 0 Å². The Morgan fingerprint density at radius 1 is 1.00 bits per heavy atom. The van der Waals surface area contributed by atoms with E-state index in [4.69, 9.17) is 10.2 Å². The SMILES string of the molecule is N.OCCSCCO. The molecule has 0 rings (SSSR count). The predicted molar refractivity (Wildman–Crippen MR) is 36.5 cm³/mol. The summed E-state index contributed by atoms with van der Waals surface area (Å²) in [4.78, 5) is 0. The maximum Gasteiger partial charge on any atom is 0.0521 e. The largest absolute Gasteiger partial charge is 0.396 e. The third kappa shape index (κ3) is 9.52. The first-order chi connectivity index (χ1) is 3.41. The fourth-order valence-electron chi connectivity index (χ4n) is 0.231. The van der Waals surface area contributed by atoms with Gasteiger partial charge in [-0.1, -0.05) is 0 Å². The Balaban J connectivity index is 0. The number of aliphatic hydroxyl groups excluding tert-OH is 2. The molecule has 0 spiro atoms. The van der Waals surface area contributed by atoms with Crippen molar-refractivity contribution in [3.05, 3.63) is 0 Å². The molecule has 0 fully saturated rings. The van der Waals surface area contributed by atoms with Crippen LogP contribution in [0.15, 0.2) is 0 Å². The van der Waals surface area contributed by atoms with Gasteiger partial charge >= 0.3 is 0 Å². The lowest BCUT2D eigenvalue weighted by molar-refractivity contribution is 0.318. The summed E-state index contributed by atoms with van der Waals surface area (Å²) >= 11 is 1.55. The first kappa shape index (κ1) is 11.1. The predicted octanol–water partition coefficient (Wildman–Crippen LogP) is -0.134. The molecule has 0 aromatic heterocycles. The van der Waals surface area contributed by atoms with E-state index in [2.05, 4.69) is 0 Å². The highest BCUT2D eigenvalue weighted by molar-refractivity contribution is 7.99. The molecule has 0 amide bonds. The number of thioether (sulfide) groups is 1. The molecule has 3 nitrogen and oxygen atoms in total. The van der Waals surface area contributed by atoms with E-state index in [0.717, 1.165) is 11.5 Å². The van der Waals surface area contributed by atoms with Crippen molar-refractivity contribution in [2.24, 2.45) is 0 Å². The Morgan fingerprint density at radius 2 is 1.38 bits per heavy atom. The van der Waals surface area contributed by atoms with Crippen molar-refractivity contribution in [3.8, 4) is 0 Å². The number of rotatable bonds is 4. The van der Waals surface area contributed by atoms with E-state index < -0.39 is 0 Å². The van der Waals surface area contributed by atoms with Crippen LogP contribution in [0.2, 0.25) is 0 Å². The van der Waals surface area contributed by atoms with Gasteiger partial charge in [-0.3, -0.25) is 0 Å². The number of hydrogen-bond acceptors (Lipinski definition) is 4. The van der Waals surface area contributed by atoms with E-state index in [1.165, 1.54) is 0 Å². The summed E-state index contributed by atoms with van der Waals surface area (Å²) in [6, 6.07) is 0. The van der Waals surface area contributed by atoms with E-state index in [9.17, 15) is 0 Å². The lowest BCUT2D eigenvalue weighted by Crippen LogP contribution is -1.91. The van der Waals surface area contributed by atoms with Crippen LogP contribution >= 0.6 is 11.8 Å². The highest BCUT2D eigenvalue weighted by Crippen LogP contribution is 1.94. The Kier molecular flexibility index (Phi) is 14.2. The molecule has 0 radical (unpaired) electrons. The summed E-state index contributed by atoms with van der Waals surface area (Å²) in [5, 5.41) is 16.4. The standard InChI is InChI=1S/C4H10O2S.H3N/c5-1-3-7-4-2-6;/h5-6H,1-4H2;1H3. The molecular weight excluding hydrogens is 126 g/mol. The monoisotopic (exact) mass is 139 g/mol. The maximum absolute atomic E-state index is 8.19. The van der Waals surface area contributed by atoms with Gasteiger partial charge in [-0.15, -0.1) is 0 Å². The first-order valence-corrected chi connectivity index (χ1v) is 3.36. The smallest absolute Gasteiger partial charge is 0.0521 e. The van der Waals surface area contributed by atoms with E-state index >= 15 is 0 Å². The van der Waals surface area contributed by atoms with Crippen LogP contribution in [0.25, 0.3) is 0 Å². The van der Waals surface area contributed by atoms with Crippen LogP contribution in [0.3, 0.4) is 0 Å². The van der Waals surface area contributed by atoms with Crippen LogP contribution in [-0.2, 0) is 0 Å². The van der Waals surface area contributed by atoms with Gasteiger partial charge in [-0.2, -0.15) is 11.8 Å². The summed E-state index contributed by atoms with van der Waals surface area (Å²) < 4.78 is 0. The van der Waals surface area contributed by atoms with Crippen molar-refractivity contribution in [1.29, 1.82) is 0 Å². The number of hydrogen-bond donors (Lipinski definition) is 3. The van der Waals surface area contributed by atoms with Gasteiger partial charge in [0.15, 0.2) is 0 Å². The average molecular weight is 139 g/mol. The molecule has 0 aliphatic rings. The van der Waals surface area contributed by atoms with E-state index in [-0.39, 0.29) is 19.4 Å². The van der Waals surface area contributed by atoms with Gasteiger partial charge in [0.25, 0.3) is 0 Å². The molecule has 0 atom stereocenters. The van der Waals surface area contributed by atoms with Crippen LogP contribution < -0.4 is 6.15 Å². The lowest BCUT2D eigenvalue weighted by Gasteiger charge is -1.90. The second-order valence-corrected chi connectivity index (χ2v) is 2.28. The van der Waals surface area contributed by atoms with E-state index in [0.29, 0.717) is 0 Å². The Hall–Kier alpha value is 0.230. The van der Waals surface area contributed by atoms with Crippen LogP contribution in [0.5, 0.6) is 0 Å². The molecule has 52 valence electrons. The Labute approximate surface area is 53.7 Å². The summed E-state index contributed by atoms with van der Waals surface area (Å²) in [5.74, 6) is 1.47. The van der Waals surface area contributed by atoms with Gasteiger partial charge in [0, 0.05) is 11.5 Å². The van der Waals surface area contributed by atoms with Crippen LogP contribution in [0.4, 0.5) is 0 Å². The molecule has 0 aromatic rings. The first-order valence-electron chi connectivity index (χ1n) is 2.21. The Morgan fingerprint density at radius 3 is 1.62 bits per heavy atom. The summed E-state index contributed by atoms with van der Waals surface area (Å²) in [5.41, 5.74) is 0. The molecule has 8 heavy (non-hydrogen) atoms. The molecule has 0 heterocycles. The van der Waals surface area contributed by atoms with Gasteiger partial charge in [0.05, 0.1) is 13.2 Å². The third-order valence-electron chi connectivity index (χ3n) is 0.471. The van der Waals surface area contributed by atoms with E-state index in [1.54, 1.807) is 11.8 Å². The molecular formula is C4H13NO2S. The zero-order valence-corrected chi connectivity index (χ0v) is 5.65. The van der Waals surface area contributed by atoms with Gasteiger partial charge in [-0.25, -0.2) is 0 Å². The summed E-state index contributed by atoms with van der Waals surface area (Å²) in [6.07, 6.45) is 0. The van der Waals surface area contributed by atoms with Crippen LogP contribution in [-0.4, -0.2) is 34.9 Å². The lowest BCUT2D eigenvalue weighted by atomic mass is 10.9. The van der Waals surface area contributed by atoms with E-state index in [1.807, 2.05) is 0 Å². The molecule has 4 heteroatoms. The normalized spacial score (nSPS) is 8.25. The van der Waals surface area contributed by atoms with Crippen molar-refractivity contribution in [3.63, 3.8) is 0 Å². The fourth-order valence-corrected chi connectivity index (χ4v) is 0.693. The zero-order valence-electron chi connectivity index (χ0n) is 4.84. The minimum Gasteiger partial charge on any atom is -0.396 e. The van der Waals surface area contributed by atoms with Crippen LogP contribution in [0.1, 0.15) is 0 Å². The zero-order chi connectivity index (χ0) is 5.54. The second-order valence-electron chi connectivity index (χ2n) is 1.06. The topological polar surface area (TPSA) is 75.5 Å². The van der Waals surface area contributed by atoms with Gasteiger partial charge in [0.2, 0.25) is 0 Å². The van der Waals surface area contributed by atoms with Crippen molar-refractivity contribution >= 4 is 11.8 Å². The van der Waals surface area contributed by atoms with Gasteiger partial charge in [-0.05, 0) is 0 Å². The molecule has 0 aromatic carbocycles. The molecule has 0 saturated carbocycles. The minimum atomic E-state index is 0. The average Bonchev–Trinajstić information content (AvgIpc) is 1.69. The minimum absolute atomic E-state index is 0. The molecule has 0 saturated heterocycles. The molecule has 0 aliphatic carbocycles. The molecule has 5 N–H and O–H groups in total. The fraction of sp³-hybridized carbons (Fsp3) is 1.00. The van der Waals surface area contributed by atoms with Gasteiger partial charge < -0.3 is 16.4 Å². The summed E-state index contributed by atoms with van der Waals surface area (Å²) in [7, 11) is 0. The van der Waals surface area contributed by atoms with Crippen LogP contribution in [0, 0.1) is 0 Å². The van der Waals surface area contributed by atoms with Crippen molar-refractivity contribution in [2.45, 2.75) is 0 Å². The summed E-state index contributed by atoms with van der Waals surface area (Å²) in [6.45, 7) is 0.426. The Bertz CT molecular complexity index is 33.2. The quantitative estimate of drug-likeness (QED) is 0.474. The van der Waals surface area contributed by atoms with Crippen molar-refractivity contribution < 1.29 is 10.2 Å². The molecule has 0 aliphatic heterocycles. The maximum atomic E-state index is 8.19. The number of aliphatic hydroxyl groups is 2. The highest BCUT2D eigenvalue weighted by Gasteiger charge is 1.81. The second kappa shape index (κ2) is 10.3. The highest BCUT2D eigenvalue weighted by atomic mass is 32.2. The molecule has 0 unspecified atom stereocenters.